The van der Waals surface area contributed by atoms with Crippen molar-refractivity contribution in [1.82, 2.24) is 10.2 Å². The summed E-state index contributed by atoms with van der Waals surface area (Å²) in [7, 11) is -4.14. The maximum absolute atomic E-state index is 14.1. The normalized spacial score (nSPS) is 12.5. The summed E-state index contributed by atoms with van der Waals surface area (Å²) in [4.78, 5) is 28.8. The summed E-state index contributed by atoms with van der Waals surface area (Å²) >= 11 is 0. The molecule has 0 bridgehead atoms. The number of aryl methyl sites for hydroxylation is 2. The van der Waals surface area contributed by atoms with E-state index < -0.39 is 39.9 Å². The Hall–Kier alpha value is -3.72. The monoisotopic (exact) mass is 567 g/mol. The number of halogens is 1. The quantitative estimate of drug-likeness (QED) is 0.357. The van der Waals surface area contributed by atoms with Gasteiger partial charge in [-0.2, -0.15) is 0 Å². The van der Waals surface area contributed by atoms with Crippen LogP contribution in [0.2, 0.25) is 0 Å². The molecule has 0 fully saturated rings. The predicted molar refractivity (Wildman–Crippen MR) is 156 cm³/mol. The van der Waals surface area contributed by atoms with Gasteiger partial charge in [-0.05, 0) is 88.6 Å². The zero-order chi connectivity index (χ0) is 29.7. The van der Waals surface area contributed by atoms with Crippen LogP contribution in [-0.2, 0) is 26.2 Å². The van der Waals surface area contributed by atoms with Crippen LogP contribution < -0.4 is 9.62 Å². The van der Waals surface area contributed by atoms with Gasteiger partial charge < -0.3 is 10.2 Å². The van der Waals surface area contributed by atoms with Crippen LogP contribution in [0.1, 0.15) is 50.8 Å². The van der Waals surface area contributed by atoms with Gasteiger partial charge in [-0.25, -0.2) is 12.8 Å². The van der Waals surface area contributed by atoms with Crippen LogP contribution in [0.15, 0.2) is 77.7 Å². The molecule has 0 saturated heterocycles. The molecule has 0 saturated carbocycles. The second-order valence-electron chi connectivity index (χ2n) is 11.0. The van der Waals surface area contributed by atoms with Gasteiger partial charge in [0.25, 0.3) is 10.0 Å². The Morgan fingerprint density at radius 2 is 1.55 bits per heavy atom. The second kappa shape index (κ2) is 12.6. The highest BCUT2D eigenvalue weighted by molar-refractivity contribution is 7.92. The van der Waals surface area contributed by atoms with E-state index >= 15 is 0 Å². The first-order valence-corrected chi connectivity index (χ1v) is 14.7. The zero-order valence-corrected chi connectivity index (χ0v) is 24.8. The fourth-order valence-corrected chi connectivity index (χ4v) is 5.71. The highest BCUT2D eigenvalue weighted by Gasteiger charge is 2.34. The molecule has 0 heterocycles. The van der Waals surface area contributed by atoms with Crippen molar-refractivity contribution < 1.29 is 22.4 Å². The van der Waals surface area contributed by atoms with E-state index in [-0.39, 0.29) is 17.3 Å². The number of carbonyl (C=O) groups is 2. The van der Waals surface area contributed by atoms with Gasteiger partial charge in [-0.15, -0.1) is 0 Å². The number of sulfonamides is 1. The minimum atomic E-state index is -4.14. The number of amides is 2. The molecule has 0 radical (unpaired) electrons. The third-order valence-electron chi connectivity index (χ3n) is 6.33. The first kappa shape index (κ1) is 30.8. The van der Waals surface area contributed by atoms with Gasteiger partial charge in [0.05, 0.1) is 10.6 Å². The summed E-state index contributed by atoms with van der Waals surface area (Å²) < 4.78 is 42.5. The van der Waals surface area contributed by atoms with E-state index in [0.717, 1.165) is 15.4 Å². The van der Waals surface area contributed by atoms with Crippen molar-refractivity contribution in [2.24, 2.45) is 0 Å². The third-order valence-corrected chi connectivity index (χ3v) is 8.12. The lowest BCUT2D eigenvalue weighted by Gasteiger charge is -2.34. The molecule has 0 aromatic heterocycles. The molecule has 7 nitrogen and oxygen atoms in total. The number of anilines is 1. The highest BCUT2D eigenvalue weighted by Crippen LogP contribution is 2.26. The summed E-state index contributed by atoms with van der Waals surface area (Å²) in [5.41, 5.74) is 2.13. The molecule has 0 aliphatic rings. The van der Waals surface area contributed by atoms with Gasteiger partial charge in [-0.1, -0.05) is 48.9 Å². The van der Waals surface area contributed by atoms with Crippen LogP contribution in [0.25, 0.3) is 0 Å². The number of hydrogen-bond donors (Lipinski definition) is 1. The molecule has 0 spiro atoms. The van der Waals surface area contributed by atoms with E-state index in [0.29, 0.717) is 17.7 Å². The molecule has 3 aromatic carbocycles. The Morgan fingerprint density at radius 1 is 0.925 bits per heavy atom. The summed E-state index contributed by atoms with van der Waals surface area (Å²) in [6, 6.07) is 18.1. The standard InChI is InChI=1S/C31H38FN3O4S/c1-7-28(30(37)33-31(4,5)6)34(20-24-13-15-25(32)16-14-24)29(36)21-35(26-10-8-9-23(3)19-26)40(38,39)27-17-11-22(2)12-18-27/h8-19,28H,7,20-21H2,1-6H3,(H,33,37). The predicted octanol–water partition coefficient (Wildman–Crippen LogP) is 5.36. The Labute approximate surface area is 237 Å². The van der Waals surface area contributed by atoms with Crippen LogP contribution in [-0.4, -0.2) is 43.3 Å². The van der Waals surface area contributed by atoms with Crippen molar-refractivity contribution in [2.45, 2.75) is 71.0 Å². The Balaban J connectivity index is 2.07. The van der Waals surface area contributed by atoms with E-state index in [2.05, 4.69) is 5.32 Å². The van der Waals surface area contributed by atoms with E-state index in [1.807, 2.05) is 40.7 Å². The van der Waals surface area contributed by atoms with E-state index in [4.69, 9.17) is 0 Å². The summed E-state index contributed by atoms with van der Waals surface area (Å²) in [6.07, 6.45) is 0.296. The number of nitrogens with zero attached hydrogens (tertiary/aromatic N) is 2. The topological polar surface area (TPSA) is 86.8 Å². The molecular weight excluding hydrogens is 529 g/mol. The Morgan fingerprint density at radius 3 is 2.10 bits per heavy atom. The first-order valence-electron chi connectivity index (χ1n) is 13.2. The smallest absolute Gasteiger partial charge is 0.264 e. The fraction of sp³-hybridized carbons (Fsp3) is 0.355. The molecule has 1 unspecified atom stereocenters. The third kappa shape index (κ3) is 7.91. The minimum absolute atomic E-state index is 0.00141. The Bertz CT molecular complexity index is 1430. The summed E-state index contributed by atoms with van der Waals surface area (Å²) in [6.45, 7) is 10.5. The van der Waals surface area contributed by atoms with Crippen molar-refractivity contribution in [3.05, 3.63) is 95.3 Å². The lowest BCUT2D eigenvalue weighted by atomic mass is 10.1. The van der Waals surface area contributed by atoms with Crippen molar-refractivity contribution in [3.63, 3.8) is 0 Å². The van der Waals surface area contributed by atoms with Crippen LogP contribution in [0, 0.1) is 19.7 Å². The van der Waals surface area contributed by atoms with Crippen LogP contribution >= 0.6 is 0 Å². The van der Waals surface area contributed by atoms with Gasteiger partial charge in [0, 0.05) is 12.1 Å². The molecule has 1 N–H and O–H groups in total. The SMILES string of the molecule is CCC(C(=O)NC(C)(C)C)N(Cc1ccc(F)cc1)C(=O)CN(c1cccc(C)c1)S(=O)(=O)c1ccc(C)cc1. The number of nitrogens with one attached hydrogen (secondary N) is 1. The van der Waals surface area contributed by atoms with Gasteiger partial charge in [0.15, 0.2) is 0 Å². The van der Waals surface area contributed by atoms with Gasteiger partial charge in [0.2, 0.25) is 11.8 Å². The number of carbonyl (C=O) groups excluding carboxylic acids is 2. The van der Waals surface area contributed by atoms with Crippen molar-refractivity contribution >= 4 is 27.5 Å². The molecule has 0 aliphatic heterocycles. The van der Waals surface area contributed by atoms with Gasteiger partial charge >= 0.3 is 0 Å². The largest absolute Gasteiger partial charge is 0.350 e. The second-order valence-corrected chi connectivity index (χ2v) is 12.8. The van der Waals surface area contributed by atoms with Crippen LogP contribution in [0.5, 0.6) is 0 Å². The number of benzene rings is 3. The molecule has 2 amide bonds. The van der Waals surface area contributed by atoms with E-state index in [9.17, 15) is 22.4 Å². The average molecular weight is 568 g/mol. The van der Waals surface area contributed by atoms with E-state index in [1.165, 1.54) is 29.2 Å². The molecular formula is C31H38FN3O4S. The van der Waals surface area contributed by atoms with Gasteiger partial charge in [0.1, 0.15) is 18.4 Å². The van der Waals surface area contributed by atoms with E-state index in [1.54, 1.807) is 49.4 Å². The van der Waals surface area contributed by atoms with Crippen LogP contribution in [0.4, 0.5) is 10.1 Å². The summed E-state index contributed by atoms with van der Waals surface area (Å²) in [5.74, 6) is -1.33. The fourth-order valence-electron chi connectivity index (χ4n) is 4.31. The molecule has 0 aliphatic carbocycles. The molecule has 3 aromatic rings. The van der Waals surface area contributed by atoms with Crippen LogP contribution in [0.3, 0.4) is 0 Å². The lowest BCUT2D eigenvalue weighted by molar-refractivity contribution is -0.141. The molecule has 40 heavy (non-hydrogen) atoms. The number of hydrogen-bond acceptors (Lipinski definition) is 4. The minimum Gasteiger partial charge on any atom is -0.350 e. The zero-order valence-electron chi connectivity index (χ0n) is 23.9. The lowest BCUT2D eigenvalue weighted by Crippen LogP contribution is -2.55. The van der Waals surface area contributed by atoms with Crippen molar-refractivity contribution in [3.8, 4) is 0 Å². The first-order chi connectivity index (χ1) is 18.7. The average Bonchev–Trinajstić information content (AvgIpc) is 2.87. The highest BCUT2D eigenvalue weighted by atomic mass is 32.2. The molecule has 9 heteroatoms. The summed E-state index contributed by atoms with van der Waals surface area (Å²) in [5, 5.41) is 2.93. The van der Waals surface area contributed by atoms with Gasteiger partial charge in [-0.3, -0.25) is 13.9 Å². The number of rotatable bonds is 10. The Kier molecular flexibility index (Phi) is 9.73. The van der Waals surface area contributed by atoms with Crippen molar-refractivity contribution in [2.75, 3.05) is 10.8 Å². The maximum Gasteiger partial charge on any atom is 0.264 e. The maximum atomic E-state index is 14.1. The molecule has 3 rings (SSSR count). The molecule has 1 atom stereocenters. The van der Waals surface area contributed by atoms with Crippen molar-refractivity contribution in [1.29, 1.82) is 0 Å². The molecule has 214 valence electrons.